The molecular weight excluding hydrogens is 486 g/mol. The van der Waals surface area contributed by atoms with Gasteiger partial charge in [-0.15, -0.1) is 0 Å². The van der Waals surface area contributed by atoms with Crippen molar-refractivity contribution < 1.29 is 37.3 Å². The van der Waals surface area contributed by atoms with Crippen LogP contribution in [0.3, 0.4) is 0 Å². The van der Waals surface area contributed by atoms with E-state index in [4.69, 9.17) is 18.9 Å². The molecule has 8 nitrogen and oxygen atoms in total. The summed E-state index contributed by atoms with van der Waals surface area (Å²) in [4.78, 5) is 28.7. The summed E-state index contributed by atoms with van der Waals surface area (Å²) in [5.74, 6) is -2.18. The molecule has 2 amide bonds. The molecule has 0 unspecified atom stereocenters. The minimum atomic E-state index is -1.01. The molecule has 194 valence electrons. The predicted molar refractivity (Wildman–Crippen MR) is 132 cm³/mol. The van der Waals surface area contributed by atoms with E-state index in [1.807, 2.05) is 0 Å². The van der Waals surface area contributed by atoms with Crippen molar-refractivity contribution >= 4 is 17.5 Å². The Balaban J connectivity index is 1.91. The summed E-state index contributed by atoms with van der Waals surface area (Å²) in [5.41, 5.74) is 0.977. The summed E-state index contributed by atoms with van der Waals surface area (Å²) in [7, 11) is 7.43. The summed E-state index contributed by atoms with van der Waals surface area (Å²) >= 11 is 0. The zero-order valence-corrected chi connectivity index (χ0v) is 20.9. The zero-order chi connectivity index (χ0) is 26.9. The highest BCUT2D eigenvalue weighted by Crippen LogP contribution is 2.47. The molecule has 0 fully saturated rings. The van der Waals surface area contributed by atoms with Crippen molar-refractivity contribution in [2.24, 2.45) is 0 Å². The molecule has 0 saturated carbocycles. The number of hydrogen-bond donors (Lipinski definition) is 1. The van der Waals surface area contributed by atoms with Crippen LogP contribution in [0.15, 0.2) is 48.5 Å². The lowest BCUT2D eigenvalue weighted by molar-refractivity contribution is -0.119. The molecule has 1 heterocycles. The van der Waals surface area contributed by atoms with E-state index in [0.717, 1.165) is 12.1 Å². The van der Waals surface area contributed by atoms with Crippen LogP contribution in [0.5, 0.6) is 23.0 Å². The molecule has 0 spiro atoms. The average molecular weight is 513 g/mol. The number of carbonyl (C=O) groups is 2. The minimum Gasteiger partial charge on any atom is -0.493 e. The van der Waals surface area contributed by atoms with E-state index < -0.39 is 29.5 Å². The molecular formula is C27H26F2N2O6. The van der Waals surface area contributed by atoms with Crippen molar-refractivity contribution in [1.29, 1.82) is 0 Å². The number of amides is 2. The Kier molecular flexibility index (Phi) is 7.19. The summed E-state index contributed by atoms with van der Waals surface area (Å²) < 4.78 is 49.5. The second kappa shape index (κ2) is 10.3. The molecule has 0 saturated heterocycles. The van der Waals surface area contributed by atoms with Crippen LogP contribution in [0.25, 0.3) is 0 Å². The lowest BCUT2D eigenvalue weighted by Crippen LogP contribution is -2.44. The highest BCUT2D eigenvalue weighted by atomic mass is 19.1. The summed E-state index contributed by atoms with van der Waals surface area (Å²) in [5, 5.41) is 2.55. The Morgan fingerprint density at radius 1 is 0.838 bits per heavy atom. The number of ether oxygens (including phenoxy) is 4. The van der Waals surface area contributed by atoms with Gasteiger partial charge in [0.25, 0.3) is 5.91 Å². The van der Waals surface area contributed by atoms with Crippen molar-refractivity contribution in [3.05, 3.63) is 76.9 Å². The van der Waals surface area contributed by atoms with Crippen LogP contribution < -0.4 is 24.3 Å². The normalized spacial score (nSPS) is 16.6. The van der Waals surface area contributed by atoms with Gasteiger partial charge < -0.3 is 29.2 Å². The molecule has 0 bridgehead atoms. The highest BCUT2D eigenvalue weighted by Gasteiger charge is 2.44. The molecule has 0 radical (unpaired) electrons. The van der Waals surface area contributed by atoms with Gasteiger partial charge in [-0.25, -0.2) is 8.78 Å². The van der Waals surface area contributed by atoms with Gasteiger partial charge in [-0.05, 0) is 47.5 Å². The fourth-order valence-corrected chi connectivity index (χ4v) is 4.59. The number of likely N-dealkylation sites (N-methyl/N-ethyl adjacent to an activating group) is 1. The van der Waals surface area contributed by atoms with E-state index in [0.29, 0.717) is 40.2 Å². The number of hydrogen-bond acceptors (Lipinski definition) is 6. The maximum atomic E-state index is 14.4. The smallest absolute Gasteiger partial charge is 0.254 e. The van der Waals surface area contributed by atoms with Gasteiger partial charge in [0, 0.05) is 18.7 Å². The molecule has 2 atom stereocenters. The van der Waals surface area contributed by atoms with E-state index in [-0.39, 0.29) is 17.2 Å². The fraction of sp³-hybridized carbons (Fsp3) is 0.259. The number of anilines is 1. The Labute approximate surface area is 212 Å². The van der Waals surface area contributed by atoms with E-state index in [2.05, 4.69) is 5.32 Å². The number of carbonyl (C=O) groups excluding carboxylic acids is 2. The van der Waals surface area contributed by atoms with Gasteiger partial charge in [0.05, 0.1) is 46.1 Å². The second-order valence-corrected chi connectivity index (χ2v) is 8.36. The fourth-order valence-electron chi connectivity index (χ4n) is 4.59. The van der Waals surface area contributed by atoms with Crippen molar-refractivity contribution in [2.45, 2.75) is 12.0 Å². The topological polar surface area (TPSA) is 86.3 Å². The van der Waals surface area contributed by atoms with Crippen LogP contribution in [0.4, 0.5) is 14.5 Å². The molecule has 37 heavy (non-hydrogen) atoms. The first-order chi connectivity index (χ1) is 17.7. The molecule has 1 aliphatic heterocycles. The Bertz CT molecular complexity index is 1360. The molecule has 4 rings (SSSR count). The summed E-state index contributed by atoms with van der Waals surface area (Å²) in [6.07, 6.45) is 0. The summed E-state index contributed by atoms with van der Waals surface area (Å²) in [6.45, 7) is 0. The quantitative estimate of drug-likeness (QED) is 0.500. The maximum Gasteiger partial charge on any atom is 0.254 e. The van der Waals surface area contributed by atoms with Gasteiger partial charge >= 0.3 is 0 Å². The molecule has 1 aliphatic rings. The SMILES string of the molecule is COc1ccc([C@H]2[C@H](C(=O)Nc3ccc(F)cc3F)c3cc(OC)c(OC)cc3C(=O)N2C)cc1OC. The van der Waals surface area contributed by atoms with Crippen molar-refractivity contribution in [1.82, 2.24) is 4.90 Å². The summed E-state index contributed by atoms with van der Waals surface area (Å²) in [6, 6.07) is 10.2. The first-order valence-electron chi connectivity index (χ1n) is 11.2. The third kappa shape index (κ3) is 4.62. The van der Waals surface area contributed by atoms with Gasteiger partial charge in [0.1, 0.15) is 11.6 Å². The van der Waals surface area contributed by atoms with Gasteiger partial charge in [-0.3, -0.25) is 9.59 Å². The average Bonchev–Trinajstić information content (AvgIpc) is 2.90. The number of methoxy groups -OCH3 is 4. The lowest BCUT2D eigenvalue weighted by Gasteiger charge is -2.40. The monoisotopic (exact) mass is 512 g/mol. The Morgan fingerprint density at radius 3 is 2.08 bits per heavy atom. The van der Waals surface area contributed by atoms with Gasteiger partial charge in [0.15, 0.2) is 23.0 Å². The van der Waals surface area contributed by atoms with E-state index >= 15 is 0 Å². The van der Waals surface area contributed by atoms with E-state index in [1.165, 1.54) is 39.4 Å². The van der Waals surface area contributed by atoms with Gasteiger partial charge in [-0.2, -0.15) is 0 Å². The molecule has 0 aromatic heterocycles. The standard InChI is InChI=1S/C27H26F2N2O6/c1-31-25(14-6-9-20(34-2)21(10-14)35-3)24(26(32)30-19-8-7-15(28)11-18(19)29)16-12-22(36-4)23(37-5)13-17(16)27(31)33/h6-13,24-25H,1-5H3,(H,30,32)/t24-,25+/m1/s1. The predicted octanol–water partition coefficient (Wildman–Crippen LogP) is 4.55. The van der Waals surface area contributed by atoms with Crippen LogP contribution in [-0.4, -0.2) is 52.2 Å². The number of benzene rings is 3. The maximum absolute atomic E-state index is 14.4. The molecule has 0 aliphatic carbocycles. The third-order valence-electron chi connectivity index (χ3n) is 6.40. The molecule has 3 aromatic carbocycles. The van der Waals surface area contributed by atoms with Gasteiger partial charge in [-0.1, -0.05) is 6.07 Å². The Hall–Kier alpha value is -4.34. The number of halogens is 2. The third-order valence-corrected chi connectivity index (χ3v) is 6.40. The van der Waals surface area contributed by atoms with Crippen LogP contribution >= 0.6 is 0 Å². The van der Waals surface area contributed by atoms with Crippen molar-refractivity contribution in [2.75, 3.05) is 40.8 Å². The Morgan fingerprint density at radius 2 is 1.46 bits per heavy atom. The van der Waals surface area contributed by atoms with Gasteiger partial charge in [0.2, 0.25) is 5.91 Å². The van der Waals surface area contributed by atoms with Crippen LogP contribution in [-0.2, 0) is 4.79 Å². The molecule has 3 aromatic rings. The lowest BCUT2D eigenvalue weighted by atomic mass is 9.79. The molecule has 1 N–H and O–H groups in total. The first kappa shape index (κ1) is 25.7. The van der Waals surface area contributed by atoms with E-state index in [1.54, 1.807) is 31.3 Å². The highest BCUT2D eigenvalue weighted by molar-refractivity contribution is 6.05. The largest absolute Gasteiger partial charge is 0.493 e. The second-order valence-electron chi connectivity index (χ2n) is 8.36. The van der Waals surface area contributed by atoms with E-state index in [9.17, 15) is 18.4 Å². The number of fused-ring (bicyclic) bond motifs is 1. The minimum absolute atomic E-state index is 0.195. The van der Waals surface area contributed by atoms with Crippen LogP contribution in [0.1, 0.15) is 33.4 Å². The first-order valence-corrected chi connectivity index (χ1v) is 11.2. The number of rotatable bonds is 7. The zero-order valence-electron chi connectivity index (χ0n) is 20.9. The van der Waals surface area contributed by atoms with Crippen LogP contribution in [0, 0.1) is 11.6 Å². The van der Waals surface area contributed by atoms with Crippen molar-refractivity contribution in [3.8, 4) is 23.0 Å². The van der Waals surface area contributed by atoms with Crippen molar-refractivity contribution in [3.63, 3.8) is 0 Å². The van der Waals surface area contributed by atoms with Crippen LogP contribution in [0.2, 0.25) is 0 Å². The molecule has 10 heteroatoms. The number of nitrogens with zero attached hydrogens (tertiary/aromatic N) is 1. The number of nitrogens with one attached hydrogen (secondary N) is 1.